The van der Waals surface area contributed by atoms with E-state index in [0.717, 1.165) is 11.1 Å². The van der Waals surface area contributed by atoms with Gasteiger partial charge in [-0.2, -0.15) is 0 Å². The first-order valence-corrected chi connectivity index (χ1v) is 4.95. The number of aromatic hydroxyl groups is 1. The fourth-order valence-electron chi connectivity index (χ4n) is 0.812. The van der Waals surface area contributed by atoms with Crippen molar-refractivity contribution in [1.29, 1.82) is 0 Å². The molecule has 0 aromatic heterocycles. The standard InChI is InChI=1S/C9H8Br2O/c1-5(2)6-3-7(10)9(12)8(11)4-6/h3-4,12H,1H2,2H3. The molecule has 0 fully saturated rings. The van der Waals surface area contributed by atoms with E-state index in [1.54, 1.807) is 0 Å². The topological polar surface area (TPSA) is 20.2 Å². The third-order valence-electron chi connectivity index (χ3n) is 1.51. The molecule has 0 bridgehead atoms. The molecular weight excluding hydrogens is 284 g/mol. The fourth-order valence-corrected chi connectivity index (χ4v) is 2.00. The molecule has 1 aromatic carbocycles. The van der Waals surface area contributed by atoms with Gasteiger partial charge in [0.15, 0.2) is 0 Å². The van der Waals surface area contributed by atoms with E-state index in [1.807, 2.05) is 19.1 Å². The third kappa shape index (κ3) is 1.90. The van der Waals surface area contributed by atoms with Crippen LogP contribution in [0.5, 0.6) is 5.75 Å². The van der Waals surface area contributed by atoms with Crippen LogP contribution in [0.15, 0.2) is 27.7 Å². The molecule has 0 radical (unpaired) electrons. The number of phenolic OH excluding ortho intramolecular Hbond substituents is 1. The molecule has 0 unspecified atom stereocenters. The number of allylic oxidation sites excluding steroid dienone is 1. The van der Waals surface area contributed by atoms with Crippen LogP contribution in [-0.2, 0) is 0 Å². The van der Waals surface area contributed by atoms with Gasteiger partial charge >= 0.3 is 0 Å². The summed E-state index contributed by atoms with van der Waals surface area (Å²) in [5.41, 5.74) is 1.97. The summed E-state index contributed by atoms with van der Waals surface area (Å²) in [6.07, 6.45) is 0. The van der Waals surface area contributed by atoms with E-state index < -0.39 is 0 Å². The zero-order valence-electron chi connectivity index (χ0n) is 6.56. The van der Waals surface area contributed by atoms with Gasteiger partial charge in [-0.1, -0.05) is 12.2 Å². The van der Waals surface area contributed by atoms with Crippen LogP contribution in [0.3, 0.4) is 0 Å². The van der Waals surface area contributed by atoms with E-state index >= 15 is 0 Å². The highest BCUT2D eigenvalue weighted by molar-refractivity contribution is 9.11. The minimum Gasteiger partial charge on any atom is -0.506 e. The molecule has 1 N–H and O–H groups in total. The molecule has 3 heteroatoms. The van der Waals surface area contributed by atoms with Crippen LogP contribution in [0, 0.1) is 0 Å². The van der Waals surface area contributed by atoms with E-state index in [0.29, 0.717) is 8.95 Å². The molecule has 1 aromatic rings. The number of halogens is 2. The molecule has 12 heavy (non-hydrogen) atoms. The van der Waals surface area contributed by atoms with Crippen molar-refractivity contribution in [1.82, 2.24) is 0 Å². The highest BCUT2D eigenvalue weighted by Crippen LogP contribution is 2.34. The molecule has 0 atom stereocenters. The fraction of sp³-hybridized carbons (Fsp3) is 0.111. The van der Waals surface area contributed by atoms with E-state index in [-0.39, 0.29) is 5.75 Å². The molecular formula is C9H8Br2O. The lowest BCUT2D eigenvalue weighted by atomic mass is 10.1. The molecule has 0 aliphatic rings. The van der Waals surface area contributed by atoms with Gasteiger partial charge in [0.1, 0.15) is 5.75 Å². The number of hydrogen-bond acceptors (Lipinski definition) is 1. The first-order chi connectivity index (χ1) is 5.52. The van der Waals surface area contributed by atoms with Crippen molar-refractivity contribution in [3.8, 4) is 5.75 Å². The quantitative estimate of drug-likeness (QED) is 0.831. The minimum absolute atomic E-state index is 0.222. The van der Waals surface area contributed by atoms with Crippen molar-refractivity contribution in [2.45, 2.75) is 6.92 Å². The maximum Gasteiger partial charge on any atom is 0.143 e. The lowest BCUT2D eigenvalue weighted by Gasteiger charge is -2.04. The van der Waals surface area contributed by atoms with Crippen molar-refractivity contribution in [3.05, 3.63) is 33.2 Å². The Labute approximate surface area is 88.4 Å². The summed E-state index contributed by atoms with van der Waals surface area (Å²) in [5, 5.41) is 9.39. The average Bonchev–Trinajstić information content (AvgIpc) is 1.99. The Balaban J connectivity index is 3.31. The van der Waals surface area contributed by atoms with E-state index in [1.165, 1.54) is 0 Å². The van der Waals surface area contributed by atoms with Crippen LogP contribution in [0.4, 0.5) is 0 Å². The summed E-state index contributed by atoms with van der Waals surface area (Å²) in [4.78, 5) is 0. The normalized spacial score (nSPS) is 9.92. The van der Waals surface area contributed by atoms with Crippen LogP contribution in [0.25, 0.3) is 5.57 Å². The molecule has 1 rings (SSSR count). The van der Waals surface area contributed by atoms with Gasteiger partial charge in [0.05, 0.1) is 8.95 Å². The Kier molecular flexibility index (Phi) is 2.96. The second-order valence-electron chi connectivity index (χ2n) is 2.57. The molecule has 0 spiro atoms. The summed E-state index contributed by atoms with van der Waals surface area (Å²) < 4.78 is 1.35. The largest absolute Gasteiger partial charge is 0.506 e. The van der Waals surface area contributed by atoms with Gasteiger partial charge < -0.3 is 5.11 Å². The van der Waals surface area contributed by atoms with Crippen molar-refractivity contribution >= 4 is 37.4 Å². The van der Waals surface area contributed by atoms with Gasteiger partial charge in [-0.05, 0) is 56.5 Å². The third-order valence-corrected chi connectivity index (χ3v) is 2.72. The maximum absolute atomic E-state index is 9.39. The van der Waals surface area contributed by atoms with Crippen LogP contribution in [0.1, 0.15) is 12.5 Å². The Morgan fingerprint density at radius 2 is 1.75 bits per heavy atom. The molecule has 0 aliphatic heterocycles. The van der Waals surface area contributed by atoms with E-state index in [4.69, 9.17) is 0 Å². The van der Waals surface area contributed by atoms with Gasteiger partial charge in [-0.25, -0.2) is 0 Å². The Morgan fingerprint density at radius 1 is 1.33 bits per heavy atom. The van der Waals surface area contributed by atoms with Crippen LogP contribution in [0.2, 0.25) is 0 Å². The smallest absolute Gasteiger partial charge is 0.143 e. The van der Waals surface area contributed by atoms with Crippen molar-refractivity contribution in [2.75, 3.05) is 0 Å². The summed E-state index contributed by atoms with van der Waals surface area (Å²) in [7, 11) is 0. The number of hydrogen-bond donors (Lipinski definition) is 1. The minimum atomic E-state index is 0.222. The zero-order chi connectivity index (χ0) is 9.30. The molecule has 0 saturated heterocycles. The number of benzene rings is 1. The molecule has 0 amide bonds. The lowest BCUT2D eigenvalue weighted by Crippen LogP contribution is -1.80. The van der Waals surface area contributed by atoms with Gasteiger partial charge in [0.25, 0.3) is 0 Å². The van der Waals surface area contributed by atoms with Crippen molar-refractivity contribution in [2.24, 2.45) is 0 Å². The van der Waals surface area contributed by atoms with Gasteiger partial charge in [-0.15, -0.1) is 0 Å². The van der Waals surface area contributed by atoms with Gasteiger partial charge in [0, 0.05) is 0 Å². The predicted molar refractivity (Wildman–Crippen MR) is 58.2 cm³/mol. The van der Waals surface area contributed by atoms with Crippen molar-refractivity contribution in [3.63, 3.8) is 0 Å². The Hall–Kier alpha value is -0.280. The zero-order valence-corrected chi connectivity index (χ0v) is 9.74. The molecule has 64 valence electrons. The van der Waals surface area contributed by atoms with Crippen molar-refractivity contribution < 1.29 is 5.11 Å². The van der Waals surface area contributed by atoms with Crippen LogP contribution in [-0.4, -0.2) is 5.11 Å². The maximum atomic E-state index is 9.39. The Morgan fingerprint density at radius 3 is 2.08 bits per heavy atom. The summed E-state index contributed by atoms with van der Waals surface area (Å²) in [5.74, 6) is 0.222. The highest BCUT2D eigenvalue weighted by Gasteiger charge is 2.05. The first kappa shape index (κ1) is 9.81. The second kappa shape index (κ2) is 3.62. The van der Waals surface area contributed by atoms with Crippen LogP contribution >= 0.6 is 31.9 Å². The van der Waals surface area contributed by atoms with E-state index in [2.05, 4.69) is 38.4 Å². The lowest BCUT2D eigenvalue weighted by molar-refractivity contribution is 0.468. The predicted octanol–water partition coefficient (Wildman–Crippen LogP) is 3.95. The summed E-state index contributed by atoms with van der Waals surface area (Å²) in [6.45, 7) is 5.74. The molecule has 0 aliphatic carbocycles. The SMILES string of the molecule is C=C(C)c1cc(Br)c(O)c(Br)c1. The highest BCUT2D eigenvalue weighted by atomic mass is 79.9. The summed E-state index contributed by atoms with van der Waals surface area (Å²) in [6, 6.07) is 3.67. The molecule has 0 saturated carbocycles. The monoisotopic (exact) mass is 290 g/mol. The number of phenols is 1. The van der Waals surface area contributed by atoms with Gasteiger partial charge in [0.2, 0.25) is 0 Å². The average molecular weight is 292 g/mol. The second-order valence-corrected chi connectivity index (χ2v) is 4.28. The van der Waals surface area contributed by atoms with Gasteiger partial charge in [-0.3, -0.25) is 0 Å². The number of rotatable bonds is 1. The Bertz CT molecular complexity index is 308. The first-order valence-electron chi connectivity index (χ1n) is 3.36. The van der Waals surface area contributed by atoms with E-state index in [9.17, 15) is 5.11 Å². The summed E-state index contributed by atoms with van der Waals surface area (Å²) >= 11 is 6.49. The van der Waals surface area contributed by atoms with Crippen LogP contribution < -0.4 is 0 Å². The molecule has 1 nitrogen and oxygen atoms in total. The molecule has 0 heterocycles.